The first-order chi connectivity index (χ1) is 71.9. The molecule has 25 aromatic carbocycles. The van der Waals surface area contributed by atoms with Crippen molar-refractivity contribution >= 4 is 110 Å². The molecule has 0 fully saturated rings. The van der Waals surface area contributed by atoms with Gasteiger partial charge in [0.2, 0.25) is 0 Å². The summed E-state index contributed by atoms with van der Waals surface area (Å²) in [5.74, 6) is 0. The fourth-order valence-electron chi connectivity index (χ4n) is 27.4. The van der Waals surface area contributed by atoms with Gasteiger partial charge in [-0.3, -0.25) is 0 Å². The van der Waals surface area contributed by atoms with Gasteiger partial charge in [-0.25, -0.2) is 0 Å². The van der Waals surface area contributed by atoms with Gasteiger partial charge in [0, 0.05) is 44.4 Å². The summed E-state index contributed by atoms with van der Waals surface area (Å²) in [4.78, 5) is 5.11. The highest BCUT2D eigenvalue weighted by atomic mass is 15.2. The van der Waals surface area contributed by atoms with Gasteiger partial charge in [-0.2, -0.15) is 0 Å². The molecule has 0 amide bonds. The van der Waals surface area contributed by atoms with Crippen molar-refractivity contribution in [2.45, 2.75) is 49.4 Å². The van der Waals surface area contributed by atoms with E-state index in [0.717, 1.165) is 34.1 Å². The molecule has 6 aliphatic carbocycles. The summed E-state index contributed by atoms with van der Waals surface area (Å²) in [6, 6.07) is 193. The minimum Gasteiger partial charge on any atom is -0.310 e. The van der Waals surface area contributed by atoms with Gasteiger partial charge in [0.1, 0.15) is 0 Å². The molecule has 0 radical (unpaired) electrons. The van der Waals surface area contributed by atoms with Crippen LogP contribution < -0.4 is 9.80 Å². The summed E-state index contributed by atoms with van der Waals surface area (Å²) in [5.41, 5.74) is 47.0. The number of nitrogens with zero attached hydrogens (tertiary/aromatic N) is 2. The lowest BCUT2D eigenvalue weighted by atomic mass is 9.70. The minimum absolute atomic E-state index is 0.0712. The van der Waals surface area contributed by atoms with Crippen LogP contribution in [0.15, 0.2) is 510 Å². The van der Waals surface area contributed by atoms with Crippen LogP contribution in [0, 0.1) is 0 Å². The molecule has 2 nitrogen and oxygen atoms in total. The first kappa shape index (κ1) is 83.7. The van der Waals surface area contributed by atoms with Gasteiger partial charge < -0.3 is 9.80 Å². The second-order valence-electron chi connectivity index (χ2n) is 41.8. The fraction of sp³-hybridized carbons (Fsp3) is 0.0556. The topological polar surface area (TPSA) is 6.48 Å². The molecule has 2 heteroatoms. The minimum atomic E-state index is -0.528. The summed E-state index contributed by atoms with van der Waals surface area (Å²) in [6.45, 7) is 9.47. The largest absolute Gasteiger partial charge is 0.310 e. The maximum absolute atomic E-state index is 2.59. The van der Waals surface area contributed by atoms with Gasteiger partial charge in [-0.05, 0) is 316 Å². The third-order valence-corrected chi connectivity index (χ3v) is 33.9. The van der Waals surface area contributed by atoms with Gasteiger partial charge in [0.05, 0.1) is 27.9 Å². The second kappa shape index (κ2) is 31.7. The second-order valence-corrected chi connectivity index (χ2v) is 41.8. The van der Waals surface area contributed by atoms with Gasteiger partial charge in [-0.15, -0.1) is 0 Å². The predicted molar refractivity (Wildman–Crippen MR) is 614 cm³/mol. The standard InChI is InChI=1S/C74H49N.C70H47N/c1-73(2)65-29-13-9-25-57(65)61-40-38-49(42-69(61)73)46-34-36-48(37-35-46)62-44-64-60-28-12-16-32-68(60)74(66-30-14-10-26-58(66)59-27-11-15-31-67(59)74)70(64)45-72(62)75(71-33-17-19-47-18-3-4-20-51(47)71)50-39-41-56-54-23-6-5-21-52(54)53-22-7-8-24-55(53)63(56)43-50;1-69(2)62-28-14-10-24-54(62)58-38-36-46(40-66(58)69)44-32-34-45(35-33-44)59-42-61-57-27-13-17-31-65(57)70(63-29-15-11-25-55(63)56-26-12-16-30-64(56)70)67(61)43-68(59)71(47-18-4-3-5-19-47)48-37-39-53-51-22-7-6-20-49(51)50-21-8-9-23-52(50)60(53)41-48/h3-45H,1-2H3;3-43H,1-2H3. The monoisotopic (exact) mass is 1850 g/mol. The fourth-order valence-corrected chi connectivity index (χ4v) is 27.4. The Morgan fingerprint density at radius 2 is 0.397 bits per heavy atom. The quantitative estimate of drug-likeness (QED) is 0.126. The average molecular weight is 1850 g/mol. The summed E-state index contributed by atoms with van der Waals surface area (Å²) < 4.78 is 0. The Bertz CT molecular complexity index is 9730. The summed E-state index contributed by atoms with van der Waals surface area (Å²) in [5, 5.41) is 17.5. The van der Waals surface area contributed by atoms with E-state index in [2.05, 4.69) is 547 Å². The lowest BCUT2D eigenvalue weighted by Crippen LogP contribution is -2.26. The number of benzene rings is 25. The number of para-hydroxylation sites is 1. The first-order valence-corrected chi connectivity index (χ1v) is 51.4. The van der Waals surface area contributed by atoms with E-state index in [0.29, 0.717) is 0 Å². The smallest absolute Gasteiger partial charge is 0.0726 e. The third kappa shape index (κ3) is 11.9. The lowest BCUT2D eigenvalue weighted by molar-refractivity contribution is 0.660. The molecule has 0 aliphatic heterocycles. The zero-order valence-electron chi connectivity index (χ0n) is 81.4. The maximum atomic E-state index is 2.59. The molecule has 682 valence electrons. The molecule has 146 heavy (non-hydrogen) atoms. The Morgan fingerprint density at radius 3 is 0.774 bits per heavy atom. The highest BCUT2D eigenvalue weighted by Gasteiger charge is 2.55. The number of rotatable bonds is 10. The van der Waals surface area contributed by atoms with Crippen LogP contribution in [-0.2, 0) is 21.7 Å². The Morgan fingerprint density at radius 1 is 0.130 bits per heavy atom. The zero-order valence-corrected chi connectivity index (χ0v) is 81.4. The van der Waals surface area contributed by atoms with E-state index < -0.39 is 10.8 Å². The first-order valence-electron chi connectivity index (χ1n) is 51.4. The van der Waals surface area contributed by atoms with Gasteiger partial charge >= 0.3 is 0 Å². The van der Waals surface area contributed by atoms with E-state index in [9.17, 15) is 0 Å². The molecule has 0 heterocycles. The molecule has 0 aromatic heterocycles. The normalized spacial score (nSPS) is 14.0. The van der Waals surface area contributed by atoms with E-state index in [1.165, 1.54) is 253 Å². The molecule has 31 rings (SSSR count). The van der Waals surface area contributed by atoms with Crippen LogP contribution in [-0.4, -0.2) is 0 Å². The van der Waals surface area contributed by atoms with Crippen LogP contribution in [0.4, 0.5) is 34.1 Å². The van der Waals surface area contributed by atoms with E-state index in [4.69, 9.17) is 0 Å². The summed E-state index contributed by atoms with van der Waals surface area (Å²) in [7, 11) is 0. The van der Waals surface area contributed by atoms with E-state index in [1.807, 2.05) is 0 Å². The molecule has 6 aliphatic rings. The molecule has 25 aromatic rings. The van der Waals surface area contributed by atoms with Crippen LogP contribution in [0.3, 0.4) is 0 Å². The van der Waals surface area contributed by atoms with Crippen LogP contribution in [0.2, 0.25) is 0 Å². The Labute approximate surface area is 850 Å². The lowest BCUT2D eigenvalue weighted by Gasteiger charge is -2.34. The maximum Gasteiger partial charge on any atom is 0.0726 e. The highest BCUT2D eigenvalue weighted by molar-refractivity contribution is 6.28. The SMILES string of the molecule is CC1(C)c2ccccc2-c2ccc(-c3ccc(-c4cc5c(cc4N(c4ccc6c7ccccc7c7ccccc7c6c4)c4cccc6ccccc46)C4(c6ccccc6-c6ccccc64)c4ccccc4-5)cc3)cc21.CC1(C)c2ccccc2-c2ccc(-c3ccc(-c4cc5c(cc4N(c4ccccc4)c4ccc6c7ccccc7c7ccccc7c6c4)C4(c6ccccc6-c6ccccc64)c4ccccc4-5)cc3)cc21. The molecule has 0 N–H and O–H groups in total. The molecule has 0 atom stereocenters. The van der Waals surface area contributed by atoms with Gasteiger partial charge in [0.15, 0.2) is 0 Å². The van der Waals surface area contributed by atoms with Crippen LogP contribution in [0.25, 0.3) is 187 Å². The average Bonchev–Trinajstić information content (AvgIpc) is 1.50. The van der Waals surface area contributed by atoms with Crippen LogP contribution >= 0.6 is 0 Å². The zero-order chi connectivity index (χ0) is 96.6. The van der Waals surface area contributed by atoms with Crippen LogP contribution in [0.5, 0.6) is 0 Å². The molecular weight excluding hydrogens is 1760 g/mol. The molecular formula is C144H96N2. The van der Waals surface area contributed by atoms with Crippen molar-refractivity contribution in [1.29, 1.82) is 0 Å². The molecule has 0 saturated carbocycles. The molecule has 2 spiro atoms. The third-order valence-electron chi connectivity index (χ3n) is 33.9. The van der Waals surface area contributed by atoms with E-state index in [1.54, 1.807) is 0 Å². The van der Waals surface area contributed by atoms with Crippen molar-refractivity contribution < 1.29 is 0 Å². The molecule has 0 bridgehead atoms. The van der Waals surface area contributed by atoms with E-state index in [-0.39, 0.29) is 10.8 Å². The van der Waals surface area contributed by atoms with Crippen molar-refractivity contribution in [2.75, 3.05) is 9.80 Å². The number of anilines is 6. The summed E-state index contributed by atoms with van der Waals surface area (Å²) >= 11 is 0. The van der Waals surface area contributed by atoms with Crippen molar-refractivity contribution in [3.05, 3.63) is 576 Å². The molecule has 0 unspecified atom stereocenters. The Kier molecular flexibility index (Phi) is 18.2. The predicted octanol–water partition coefficient (Wildman–Crippen LogP) is 38.4. The van der Waals surface area contributed by atoms with Crippen molar-refractivity contribution in [2.24, 2.45) is 0 Å². The Balaban J connectivity index is 0.000000136. The summed E-state index contributed by atoms with van der Waals surface area (Å²) in [6.07, 6.45) is 0. The van der Waals surface area contributed by atoms with Gasteiger partial charge in [-0.1, -0.05) is 458 Å². The van der Waals surface area contributed by atoms with Crippen LogP contribution in [0.1, 0.15) is 94.5 Å². The van der Waals surface area contributed by atoms with Crippen molar-refractivity contribution in [3.63, 3.8) is 0 Å². The highest BCUT2D eigenvalue weighted by Crippen LogP contribution is 2.68. The van der Waals surface area contributed by atoms with Gasteiger partial charge in [0.25, 0.3) is 0 Å². The number of hydrogen-bond donors (Lipinski definition) is 0. The van der Waals surface area contributed by atoms with E-state index >= 15 is 0 Å². The number of hydrogen-bond acceptors (Lipinski definition) is 2. The molecule has 0 saturated heterocycles. The number of fused-ring (bicyclic) bond motifs is 39. The Hall–Kier alpha value is -18.1. The van der Waals surface area contributed by atoms with Crippen molar-refractivity contribution in [3.8, 4) is 111 Å². The van der Waals surface area contributed by atoms with Crippen molar-refractivity contribution in [1.82, 2.24) is 0 Å².